The summed E-state index contributed by atoms with van der Waals surface area (Å²) in [6, 6.07) is 95.6. The molecule has 0 unspecified atom stereocenters. The molecule has 0 amide bonds. The number of furan rings is 1. The molecule has 2 aliphatic rings. The van der Waals surface area contributed by atoms with Gasteiger partial charge in [0.25, 0.3) is 0 Å². The van der Waals surface area contributed by atoms with E-state index in [0.717, 1.165) is 50.1 Å². The summed E-state index contributed by atoms with van der Waals surface area (Å²) in [7, 11) is 0. The van der Waals surface area contributed by atoms with E-state index >= 15 is 0 Å². The van der Waals surface area contributed by atoms with E-state index in [0.29, 0.717) is 0 Å². The van der Waals surface area contributed by atoms with E-state index in [1.54, 1.807) is 0 Å². The van der Waals surface area contributed by atoms with Crippen molar-refractivity contribution in [2.24, 2.45) is 0 Å². The molecule has 2 heteroatoms. The fraction of sp³-hybridized carbons (Fsp3) is 0.0149. The van der Waals surface area contributed by atoms with Gasteiger partial charge in [0.1, 0.15) is 11.2 Å². The van der Waals surface area contributed by atoms with Crippen molar-refractivity contribution in [2.75, 3.05) is 4.90 Å². The summed E-state index contributed by atoms with van der Waals surface area (Å²) in [4.78, 5) is 2.35. The predicted octanol–water partition coefficient (Wildman–Crippen LogP) is 18.1. The summed E-state index contributed by atoms with van der Waals surface area (Å²) in [6.45, 7) is 0. The Kier molecular flexibility index (Phi) is 8.84. The van der Waals surface area contributed by atoms with Crippen LogP contribution in [0.25, 0.3) is 88.7 Å². The Labute approximate surface area is 401 Å². The molecule has 2 nitrogen and oxygen atoms in total. The van der Waals surface area contributed by atoms with E-state index in [2.05, 4.69) is 254 Å². The summed E-state index contributed by atoms with van der Waals surface area (Å²) in [5, 5.41) is 2.27. The van der Waals surface area contributed by atoms with E-state index in [9.17, 15) is 0 Å². The second-order valence-electron chi connectivity index (χ2n) is 18.3. The number of hydrogen-bond donors (Lipinski definition) is 0. The Morgan fingerprint density at radius 3 is 1.26 bits per heavy atom. The molecule has 11 aromatic carbocycles. The van der Waals surface area contributed by atoms with Crippen LogP contribution in [0.15, 0.2) is 265 Å². The van der Waals surface area contributed by atoms with Gasteiger partial charge in [-0.2, -0.15) is 0 Å². The maximum absolute atomic E-state index is 6.46. The van der Waals surface area contributed by atoms with Gasteiger partial charge in [0.05, 0.1) is 5.41 Å². The highest BCUT2D eigenvalue weighted by Crippen LogP contribution is 2.61. The summed E-state index contributed by atoms with van der Waals surface area (Å²) in [6.07, 6.45) is 0. The molecule has 0 aliphatic heterocycles. The second kappa shape index (κ2) is 15.6. The lowest BCUT2D eigenvalue weighted by Gasteiger charge is -2.35. The average molecular weight is 878 g/mol. The van der Waals surface area contributed by atoms with Crippen LogP contribution >= 0.6 is 0 Å². The summed E-state index contributed by atoms with van der Waals surface area (Å²) in [5.74, 6) is 0. The number of para-hydroxylation sites is 2. The first-order valence-corrected chi connectivity index (χ1v) is 23.8. The Morgan fingerprint density at radius 2 is 0.667 bits per heavy atom. The molecule has 0 bridgehead atoms. The van der Waals surface area contributed by atoms with Crippen LogP contribution in [-0.4, -0.2) is 0 Å². The third-order valence-corrected chi connectivity index (χ3v) is 14.7. The largest absolute Gasteiger partial charge is 0.455 e. The summed E-state index contributed by atoms with van der Waals surface area (Å²) in [5.41, 5.74) is 24.5. The number of fused-ring (bicyclic) bond motifs is 15. The lowest BCUT2D eigenvalue weighted by atomic mass is 9.66. The van der Waals surface area contributed by atoms with Crippen molar-refractivity contribution in [1.82, 2.24) is 0 Å². The fourth-order valence-electron chi connectivity index (χ4n) is 11.7. The molecule has 1 heterocycles. The minimum atomic E-state index is -0.495. The fourth-order valence-corrected chi connectivity index (χ4v) is 11.7. The third kappa shape index (κ3) is 5.99. The van der Waals surface area contributed by atoms with Crippen molar-refractivity contribution in [2.45, 2.75) is 5.41 Å². The molecule has 0 saturated heterocycles. The first kappa shape index (κ1) is 39.2. The lowest BCUT2D eigenvalue weighted by molar-refractivity contribution is 0.670. The van der Waals surface area contributed by atoms with E-state index in [1.807, 2.05) is 12.1 Å². The number of anilines is 3. The molecular formula is C67H43NO. The Morgan fingerprint density at radius 1 is 0.261 bits per heavy atom. The minimum absolute atomic E-state index is 0.495. The van der Waals surface area contributed by atoms with Crippen molar-refractivity contribution in [1.29, 1.82) is 0 Å². The number of hydrogen-bond acceptors (Lipinski definition) is 2. The molecule has 0 radical (unpaired) electrons. The van der Waals surface area contributed by atoms with Crippen molar-refractivity contribution < 1.29 is 4.42 Å². The van der Waals surface area contributed by atoms with Gasteiger partial charge in [-0.3, -0.25) is 0 Å². The zero-order valence-corrected chi connectivity index (χ0v) is 37.7. The molecular weight excluding hydrogens is 835 g/mol. The van der Waals surface area contributed by atoms with Gasteiger partial charge in [0.2, 0.25) is 0 Å². The number of nitrogens with zero attached hydrogens (tertiary/aromatic N) is 1. The first-order chi connectivity index (χ1) is 34.2. The van der Waals surface area contributed by atoms with Gasteiger partial charge in [-0.1, -0.05) is 212 Å². The average Bonchev–Trinajstić information content (AvgIpc) is 3.92. The molecule has 0 saturated carbocycles. The Bertz CT molecular complexity index is 3870. The van der Waals surface area contributed by atoms with Crippen LogP contribution in [0.5, 0.6) is 0 Å². The highest BCUT2D eigenvalue weighted by Gasteiger charge is 2.49. The highest BCUT2D eigenvalue weighted by molar-refractivity contribution is 6.09. The van der Waals surface area contributed by atoms with Crippen LogP contribution in [-0.2, 0) is 5.41 Å². The molecule has 0 fully saturated rings. The molecule has 14 rings (SSSR count). The van der Waals surface area contributed by atoms with Crippen molar-refractivity contribution in [3.05, 3.63) is 283 Å². The van der Waals surface area contributed by atoms with E-state index in [4.69, 9.17) is 4.42 Å². The highest BCUT2D eigenvalue weighted by atomic mass is 16.3. The number of rotatable bonds is 6. The normalized spacial score (nSPS) is 12.8. The molecule has 1 spiro atoms. The molecule has 12 aromatic rings. The van der Waals surface area contributed by atoms with Crippen LogP contribution < -0.4 is 4.90 Å². The quantitative estimate of drug-likeness (QED) is 0.165. The van der Waals surface area contributed by atoms with Crippen molar-refractivity contribution in [3.63, 3.8) is 0 Å². The molecule has 322 valence electrons. The summed E-state index contributed by atoms with van der Waals surface area (Å²) < 4.78 is 6.46. The molecule has 0 N–H and O–H groups in total. The van der Waals surface area contributed by atoms with Crippen LogP contribution in [0.4, 0.5) is 17.1 Å². The van der Waals surface area contributed by atoms with E-state index in [1.165, 1.54) is 77.9 Å². The standard InChI is InChI=1S/C67H43NO/c1-2-15-44(16-3-1)45-29-36-49(37-30-45)68(51-40-33-47(34-41-51)52-23-14-24-59-58-22-9-13-28-65(58)69-66(52)59)50-38-31-46(32-39-50)48-35-42-64-60(43-48)57-21-8-12-27-63(57)67(64)61-25-10-6-19-55(61)53-17-4-5-18-54(53)56-20-7-11-26-62(56)67/h1-43H. The van der Waals surface area contributed by atoms with Crippen molar-refractivity contribution >= 4 is 39.0 Å². The Balaban J connectivity index is 0.874. The van der Waals surface area contributed by atoms with Gasteiger partial charge < -0.3 is 9.32 Å². The van der Waals surface area contributed by atoms with Crippen LogP contribution in [0.3, 0.4) is 0 Å². The van der Waals surface area contributed by atoms with E-state index in [-0.39, 0.29) is 0 Å². The number of benzene rings is 11. The smallest absolute Gasteiger partial charge is 0.143 e. The topological polar surface area (TPSA) is 16.4 Å². The van der Waals surface area contributed by atoms with Crippen LogP contribution in [0.1, 0.15) is 22.3 Å². The molecule has 1 aromatic heterocycles. The predicted molar refractivity (Wildman–Crippen MR) is 286 cm³/mol. The second-order valence-corrected chi connectivity index (χ2v) is 18.3. The third-order valence-electron chi connectivity index (χ3n) is 14.7. The van der Waals surface area contributed by atoms with Gasteiger partial charge in [-0.05, 0) is 132 Å². The maximum atomic E-state index is 6.46. The maximum Gasteiger partial charge on any atom is 0.143 e. The van der Waals surface area contributed by atoms with Crippen LogP contribution in [0.2, 0.25) is 0 Å². The first-order valence-electron chi connectivity index (χ1n) is 23.8. The SMILES string of the molecule is c1ccc(-c2ccc(N(c3ccc(-c4ccc5c(c4)-c4ccccc4C54c5ccccc5-c5ccccc5-c5ccccc54)cc3)c3ccc(-c4cccc5c4oc4ccccc45)cc3)cc2)cc1. The molecule has 2 aliphatic carbocycles. The summed E-state index contributed by atoms with van der Waals surface area (Å²) >= 11 is 0. The monoisotopic (exact) mass is 877 g/mol. The van der Waals surface area contributed by atoms with Gasteiger partial charge >= 0.3 is 0 Å². The van der Waals surface area contributed by atoms with E-state index < -0.39 is 5.41 Å². The van der Waals surface area contributed by atoms with Gasteiger partial charge in [-0.15, -0.1) is 0 Å². The molecule has 69 heavy (non-hydrogen) atoms. The Hall–Kier alpha value is -8.98. The lowest BCUT2D eigenvalue weighted by Crippen LogP contribution is -2.29. The zero-order valence-electron chi connectivity index (χ0n) is 37.7. The van der Waals surface area contributed by atoms with Crippen LogP contribution in [0, 0.1) is 0 Å². The zero-order chi connectivity index (χ0) is 45.5. The minimum Gasteiger partial charge on any atom is -0.455 e. The van der Waals surface area contributed by atoms with Gasteiger partial charge in [-0.25, -0.2) is 0 Å². The van der Waals surface area contributed by atoms with Gasteiger partial charge in [0, 0.05) is 33.4 Å². The molecule has 0 atom stereocenters. The van der Waals surface area contributed by atoms with Crippen molar-refractivity contribution in [3.8, 4) is 66.8 Å². The van der Waals surface area contributed by atoms with Gasteiger partial charge in [0.15, 0.2) is 0 Å².